The first-order valence-electron chi connectivity index (χ1n) is 6.34. The number of amides is 1. The molecular weight excluding hydrogens is 294 g/mol. The smallest absolute Gasteiger partial charge is 0.251 e. The minimum absolute atomic E-state index is 0.0953. The Morgan fingerprint density at radius 3 is 2.56 bits per heavy atom. The van der Waals surface area contributed by atoms with E-state index in [0.717, 1.165) is 36.6 Å². The molecule has 98 valence electrons. The van der Waals surface area contributed by atoms with Crippen LogP contribution in [0.4, 0.5) is 0 Å². The van der Waals surface area contributed by atoms with Gasteiger partial charge < -0.3 is 10.4 Å². The van der Waals surface area contributed by atoms with E-state index in [9.17, 15) is 9.90 Å². The largest absolute Gasteiger partial charge is 0.391 e. The summed E-state index contributed by atoms with van der Waals surface area (Å²) in [6.07, 6.45) is 3.38. The molecule has 1 fully saturated rings. The summed E-state index contributed by atoms with van der Waals surface area (Å²) < 4.78 is 0. The first-order chi connectivity index (χ1) is 8.70. The highest BCUT2D eigenvalue weighted by Gasteiger charge is 2.24. The summed E-state index contributed by atoms with van der Waals surface area (Å²) in [5.74, 6) is -0.0953. The molecule has 2 N–H and O–H groups in total. The summed E-state index contributed by atoms with van der Waals surface area (Å²) in [5.41, 5.74) is 1.79. The average molecular weight is 312 g/mol. The molecule has 0 aromatic heterocycles. The molecule has 1 amide bonds. The summed E-state index contributed by atoms with van der Waals surface area (Å²) in [4.78, 5) is 12.0. The number of hydrogen-bond acceptors (Lipinski definition) is 2. The van der Waals surface area contributed by atoms with Crippen LogP contribution in [0.1, 0.15) is 41.6 Å². The minimum atomic E-state index is -0.399. The van der Waals surface area contributed by atoms with Crippen molar-refractivity contribution in [3.05, 3.63) is 35.4 Å². The topological polar surface area (TPSA) is 49.3 Å². The Morgan fingerprint density at radius 1 is 1.28 bits per heavy atom. The van der Waals surface area contributed by atoms with E-state index in [4.69, 9.17) is 0 Å². The molecule has 3 nitrogen and oxygen atoms in total. The van der Waals surface area contributed by atoms with Crippen molar-refractivity contribution >= 4 is 21.8 Å². The van der Waals surface area contributed by atoms with Crippen LogP contribution in [0.2, 0.25) is 0 Å². The first kappa shape index (κ1) is 13.6. The molecule has 1 saturated carbocycles. The number of aliphatic hydroxyl groups excluding tert-OH is 1. The van der Waals surface area contributed by atoms with E-state index in [2.05, 4.69) is 21.2 Å². The molecule has 0 aliphatic heterocycles. The van der Waals surface area contributed by atoms with Gasteiger partial charge in [-0.25, -0.2) is 0 Å². The summed E-state index contributed by atoms with van der Waals surface area (Å²) in [6.45, 7) is 0. The van der Waals surface area contributed by atoms with E-state index >= 15 is 0 Å². The molecule has 1 aromatic rings. The minimum Gasteiger partial charge on any atom is -0.391 e. The van der Waals surface area contributed by atoms with Gasteiger partial charge in [0.05, 0.1) is 12.1 Å². The van der Waals surface area contributed by atoms with Gasteiger partial charge >= 0.3 is 0 Å². The van der Waals surface area contributed by atoms with Crippen LogP contribution in [-0.2, 0) is 5.33 Å². The molecule has 4 heteroatoms. The lowest BCUT2D eigenvalue weighted by Crippen LogP contribution is -2.45. The van der Waals surface area contributed by atoms with Gasteiger partial charge in [0.1, 0.15) is 0 Å². The zero-order valence-electron chi connectivity index (χ0n) is 10.2. The van der Waals surface area contributed by atoms with E-state index in [1.165, 1.54) is 0 Å². The van der Waals surface area contributed by atoms with Crippen molar-refractivity contribution in [2.24, 2.45) is 0 Å². The van der Waals surface area contributed by atoms with E-state index in [-0.39, 0.29) is 11.9 Å². The highest BCUT2D eigenvalue weighted by Crippen LogP contribution is 2.19. The van der Waals surface area contributed by atoms with Gasteiger partial charge in [-0.15, -0.1) is 0 Å². The van der Waals surface area contributed by atoms with Crippen LogP contribution < -0.4 is 5.32 Å². The normalized spacial score (nSPS) is 23.7. The van der Waals surface area contributed by atoms with Crippen molar-refractivity contribution in [1.82, 2.24) is 5.32 Å². The Labute approximate surface area is 116 Å². The fourth-order valence-electron chi connectivity index (χ4n) is 2.28. The van der Waals surface area contributed by atoms with Crippen molar-refractivity contribution in [2.75, 3.05) is 0 Å². The number of aliphatic hydroxyl groups is 1. The summed E-state index contributed by atoms with van der Waals surface area (Å²) >= 11 is 3.37. The maximum absolute atomic E-state index is 12.0. The lowest BCUT2D eigenvalue weighted by molar-refractivity contribution is 0.0717. The molecule has 0 saturated heterocycles. The van der Waals surface area contributed by atoms with E-state index in [1.54, 1.807) is 0 Å². The van der Waals surface area contributed by atoms with Gasteiger partial charge in [-0.1, -0.05) is 40.9 Å². The molecule has 0 heterocycles. The van der Waals surface area contributed by atoms with E-state index < -0.39 is 6.10 Å². The van der Waals surface area contributed by atoms with Crippen molar-refractivity contribution in [1.29, 1.82) is 0 Å². The molecule has 0 radical (unpaired) electrons. The third-order valence-corrected chi connectivity index (χ3v) is 4.06. The zero-order valence-corrected chi connectivity index (χ0v) is 11.8. The third-order valence-electron chi connectivity index (χ3n) is 3.42. The number of hydrogen-bond donors (Lipinski definition) is 2. The number of nitrogens with one attached hydrogen (secondary N) is 1. The number of rotatable bonds is 3. The van der Waals surface area contributed by atoms with Crippen LogP contribution in [0.25, 0.3) is 0 Å². The van der Waals surface area contributed by atoms with E-state index in [1.807, 2.05) is 24.3 Å². The number of carbonyl (C=O) groups is 1. The molecule has 18 heavy (non-hydrogen) atoms. The van der Waals surface area contributed by atoms with Crippen LogP contribution in [0.3, 0.4) is 0 Å². The molecule has 0 unspecified atom stereocenters. The molecule has 2 rings (SSSR count). The predicted octanol–water partition coefficient (Wildman–Crippen LogP) is 2.61. The van der Waals surface area contributed by atoms with Gasteiger partial charge in [0.2, 0.25) is 0 Å². The maximum atomic E-state index is 12.0. The number of carbonyl (C=O) groups excluding carboxylic acids is 1. The lowest BCUT2D eigenvalue weighted by atomic mass is 9.92. The molecule has 1 aromatic carbocycles. The van der Waals surface area contributed by atoms with Crippen LogP contribution >= 0.6 is 15.9 Å². The second-order valence-electron chi connectivity index (χ2n) is 4.76. The molecule has 0 bridgehead atoms. The summed E-state index contributed by atoms with van der Waals surface area (Å²) in [7, 11) is 0. The van der Waals surface area contributed by atoms with Crippen molar-refractivity contribution in [3.8, 4) is 0 Å². The molecular formula is C14H18BrNO2. The molecule has 1 aliphatic rings. The number of alkyl halides is 1. The SMILES string of the molecule is O=C(N[C@@H]1CCCC[C@H]1O)c1ccc(CBr)cc1. The quantitative estimate of drug-likeness (QED) is 0.843. The van der Waals surface area contributed by atoms with Gasteiger partial charge in [-0.05, 0) is 30.5 Å². The van der Waals surface area contributed by atoms with Gasteiger partial charge in [0, 0.05) is 10.9 Å². The highest BCUT2D eigenvalue weighted by atomic mass is 79.9. The fourth-order valence-corrected chi connectivity index (χ4v) is 2.65. The predicted molar refractivity (Wildman–Crippen MR) is 74.8 cm³/mol. The van der Waals surface area contributed by atoms with Gasteiger partial charge in [-0.2, -0.15) is 0 Å². The van der Waals surface area contributed by atoms with Crippen LogP contribution in [0.5, 0.6) is 0 Å². The number of halogens is 1. The van der Waals surface area contributed by atoms with Crippen LogP contribution in [0.15, 0.2) is 24.3 Å². The Balaban J connectivity index is 1.97. The zero-order chi connectivity index (χ0) is 13.0. The lowest BCUT2D eigenvalue weighted by Gasteiger charge is -2.28. The van der Waals surface area contributed by atoms with Gasteiger partial charge in [0.25, 0.3) is 5.91 Å². The number of benzene rings is 1. The van der Waals surface area contributed by atoms with Crippen LogP contribution in [-0.4, -0.2) is 23.2 Å². The second kappa shape index (κ2) is 6.34. The first-order valence-corrected chi connectivity index (χ1v) is 7.46. The Kier molecular flexibility index (Phi) is 4.78. The maximum Gasteiger partial charge on any atom is 0.251 e. The fraction of sp³-hybridized carbons (Fsp3) is 0.500. The van der Waals surface area contributed by atoms with Crippen molar-refractivity contribution in [2.45, 2.75) is 43.2 Å². The highest BCUT2D eigenvalue weighted by molar-refractivity contribution is 9.08. The summed E-state index contributed by atoms with van der Waals surface area (Å²) in [5, 5.41) is 13.5. The third kappa shape index (κ3) is 3.33. The standard InChI is InChI=1S/C14H18BrNO2/c15-9-10-5-7-11(8-6-10)14(18)16-12-3-1-2-4-13(12)17/h5-8,12-13,17H,1-4,9H2,(H,16,18)/t12-,13-/m1/s1. The van der Waals surface area contributed by atoms with E-state index in [0.29, 0.717) is 5.56 Å². The Hall–Kier alpha value is -0.870. The van der Waals surface area contributed by atoms with Gasteiger partial charge in [0.15, 0.2) is 0 Å². The Morgan fingerprint density at radius 2 is 1.94 bits per heavy atom. The molecule has 0 spiro atoms. The Bertz CT molecular complexity index is 405. The van der Waals surface area contributed by atoms with Crippen LogP contribution in [0, 0.1) is 0 Å². The summed E-state index contributed by atoms with van der Waals surface area (Å²) in [6, 6.07) is 7.41. The van der Waals surface area contributed by atoms with Crippen molar-refractivity contribution < 1.29 is 9.90 Å². The average Bonchev–Trinajstić information content (AvgIpc) is 2.41. The molecule has 1 aliphatic carbocycles. The monoisotopic (exact) mass is 311 g/mol. The van der Waals surface area contributed by atoms with Gasteiger partial charge in [-0.3, -0.25) is 4.79 Å². The second-order valence-corrected chi connectivity index (χ2v) is 5.32. The molecule has 2 atom stereocenters. The van der Waals surface area contributed by atoms with Crippen molar-refractivity contribution in [3.63, 3.8) is 0 Å².